The van der Waals surface area contributed by atoms with Gasteiger partial charge in [0.15, 0.2) is 0 Å². The van der Waals surface area contributed by atoms with Crippen molar-refractivity contribution in [1.82, 2.24) is 20.2 Å². The lowest BCUT2D eigenvalue weighted by Gasteiger charge is -2.26. The first-order chi connectivity index (χ1) is 11.5. The van der Waals surface area contributed by atoms with Crippen LogP contribution in [-0.4, -0.2) is 34.0 Å². The van der Waals surface area contributed by atoms with Gasteiger partial charge in [-0.25, -0.2) is 4.98 Å². The summed E-state index contributed by atoms with van der Waals surface area (Å²) in [5.74, 6) is 1.97. The van der Waals surface area contributed by atoms with Crippen molar-refractivity contribution in [3.8, 4) is 0 Å². The molecular weight excluding hydrogens is 304 g/mol. The van der Waals surface area contributed by atoms with Gasteiger partial charge < -0.3 is 15.2 Å². The maximum atomic E-state index is 12.8. The standard InChI is InChI=1S/C18H28N4O2/c1-12-7-8-22-16(11-20-17(22)9-12)18(24)21-15(10-19-13(2)23)14-5-3-4-6-14/h11-12,14-15H,3-10H2,1-2H3,(H,19,23)(H,21,24). The largest absolute Gasteiger partial charge is 0.354 e. The summed E-state index contributed by atoms with van der Waals surface area (Å²) in [6.07, 6.45) is 8.37. The fraction of sp³-hybridized carbons (Fsp3) is 0.722. The molecular formula is C18H28N4O2. The van der Waals surface area contributed by atoms with Gasteiger partial charge in [-0.15, -0.1) is 0 Å². The van der Waals surface area contributed by atoms with Gasteiger partial charge in [-0.3, -0.25) is 9.59 Å². The van der Waals surface area contributed by atoms with Crippen molar-refractivity contribution in [2.24, 2.45) is 11.8 Å². The first-order valence-electron chi connectivity index (χ1n) is 9.14. The molecule has 0 spiro atoms. The smallest absolute Gasteiger partial charge is 0.269 e. The van der Waals surface area contributed by atoms with Crippen LogP contribution in [-0.2, 0) is 17.8 Å². The quantitative estimate of drug-likeness (QED) is 0.864. The number of carbonyl (C=O) groups is 2. The molecule has 2 unspecified atom stereocenters. The zero-order valence-electron chi connectivity index (χ0n) is 14.7. The number of hydrogen-bond donors (Lipinski definition) is 2. The van der Waals surface area contributed by atoms with Crippen molar-refractivity contribution < 1.29 is 9.59 Å². The Morgan fingerprint density at radius 2 is 2.08 bits per heavy atom. The summed E-state index contributed by atoms with van der Waals surface area (Å²) < 4.78 is 2.06. The zero-order valence-corrected chi connectivity index (χ0v) is 14.7. The number of hydrogen-bond acceptors (Lipinski definition) is 3. The Labute approximate surface area is 143 Å². The number of fused-ring (bicyclic) bond motifs is 1. The Balaban J connectivity index is 1.69. The number of aromatic nitrogens is 2. The zero-order chi connectivity index (χ0) is 17.1. The third-order valence-electron chi connectivity index (χ3n) is 5.40. The first kappa shape index (κ1) is 17.0. The van der Waals surface area contributed by atoms with E-state index in [2.05, 4.69) is 27.1 Å². The molecule has 2 amide bonds. The predicted octanol–water partition coefficient (Wildman–Crippen LogP) is 1.89. The molecule has 1 aliphatic carbocycles. The number of nitrogens with one attached hydrogen (secondary N) is 2. The van der Waals surface area contributed by atoms with Crippen molar-refractivity contribution in [3.05, 3.63) is 17.7 Å². The summed E-state index contributed by atoms with van der Waals surface area (Å²) in [6, 6.07) is -0.00226. The molecule has 0 radical (unpaired) electrons. The third-order valence-corrected chi connectivity index (χ3v) is 5.40. The summed E-state index contributed by atoms with van der Waals surface area (Å²) in [5, 5.41) is 6.03. The normalized spacial score (nSPS) is 22.0. The van der Waals surface area contributed by atoms with Gasteiger partial charge in [-0.2, -0.15) is 0 Å². The second kappa shape index (κ2) is 7.36. The molecule has 1 fully saturated rings. The van der Waals surface area contributed by atoms with E-state index in [0.717, 1.165) is 38.1 Å². The Hall–Kier alpha value is -1.85. The van der Waals surface area contributed by atoms with E-state index in [-0.39, 0.29) is 17.9 Å². The van der Waals surface area contributed by atoms with Gasteiger partial charge in [-0.05, 0) is 31.1 Å². The van der Waals surface area contributed by atoms with Crippen LogP contribution >= 0.6 is 0 Å². The van der Waals surface area contributed by atoms with Gasteiger partial charge in [0.1, 0.15) is 11.5 Å². The van der Waals surface area contributed by atoms with E-state index in [1.54, 1.807) is 6.20 Å². The molecule has 24 heavy (non-hydrogen) atoms. The van der Waals surface area contributed by atoms with Gasteiger partial charge in [-0.1, -0.05) is 19.8 Å². The third kappa shape index (κ3) is 3.79. The summed E-state index contributed by atoms with van der Waals surface area (Å²) in [5.41, 5.74) is 0.655. The van der Waals surface area contributed by atoms with E-state index in [9.17, 15) is 9.59 Å². The molecule has 3 rings (SSSR count). The highest BCUT2D eigenvalue weighted by Crippen LogP contribution is 2.28. The molecule has 132 valence electrons. The fourth-order valence-corrected chi connectivity index (χ4v) is 3.96. The minimum Gasteiger partial charge on any atom is -0.354 e. The molecule has 2 atom stereocenters. The molecule has 1 aliphatic heterocycles. The van der Waals surface area contributed by atoms with E-state index in [0.29, 0.717) is 24.1 Å². The molecule has 1 aromatic rings. The maximum Gasteiger partial charge on any atom is 0.269 e. The molecule has 0 bridgehead atoms. The molecule has 6 heteroatoms. The average Bonchev–Trinajstić information content (AvgIpc) is 3.19. The molecule has 2 heterocycles. The molecule has 2 N–H and O–H groups in total. The highest BCUT2D eigenvalue weighted by atomic mass is 16.2. The van der Waals surface area contributed by atoms with E-state index in [1.165, 1.54) is 19.8 Å². The van der Waals surface area contributed by atoms with Crippen molar-refractivity contribution in [2.75, 3.05) is 6.54 Å². The van der Waals surface area contributed by atoms with Crippen molar-refractivity contribution >= 4 is 11.8 Å². The lowest BCUT2D eigenvalue weighted by molar-refractivity contribution is -0.119. The van der Waals surface area contributed by atoms with E-state index in [1.807, 2.05) is 0 Å². The topological polar surface area (TPSA) is 76.0 Å². The number of carbonyl (C=O) groups excluding carboxylic acids is 2. The van der Waals surface area contributed by atoms with Gasteiger partial charge >= 0.3 is 0 Å². The van der Waals surface area contributed by atoms with Crippen molar-refractivity contribution in [3.63, 3.8) is 0 Å². The highest BCUT2D eigenvalue weighted by Gasteiger charge is 2.29. The van der Waals surface area contributed by atoms with Crippen LogP contribution in [0.5, 0.6) is 0 Å². The van der Waals surface area contributed by atoms with E-state index < -0.39 is 0 Å². The molecule has 1 saturated carbocycles. The molecule has 2 aliphatic rings. The van der Waals surface area contributed by atoms with Crippen LogP contribution < -0.4 is 10.6 Å². The molecule has 0 saturated heterocycles. The van der Waals surface area contributed by atoms with E-state index >= 15 is 0 Å². The van der Waals surface area contributed by atoms with Crippen molar-refractivity contribution in [2.45, 2.75) is 65.0 Å². The average molecular weight is 332 g/mol. The summed E-state index contributed by atoms with van der Waals surface area (Å²) in [6.45, 7) is 5.10. The van der Waals surface area contributed by atoms with Gasteiger partial charge in [0.05, 0.1) is 6.20 Å². The van der Waals surface area contributed by atoms with Crippen LogP contribution in [0, 0.1) is 11.8 Å². The number of nitrogens with zero attached hydrogens (tertiary/aromatic N) is 2. The lowest BCUT2D eigenvalue weighted by Crippen LogP contribution is -2.47. The monoisotopic (exact) mass is 332 g/mol. The van der Waals surface area contributed by atoms with Gasteiger partial charge in [0.25, 0.3) is 5.91 Å². The Bertz CT molecular complexity index is 604. The van der Waals surface area contributed by atoms with Crippen LogP contribution in [0.2, 0.25) is 0 Å². The Kier molecular flexibility index (Phi) is 5.21. The van der Waals surface area contributed by atoms with Crippen LogP contribution in [0.1, 0.15) is 62.3 Å². The lowest BCUT2D eigenvalue weighted by atomic mass is 9.97. The Morgan fingerprint density at radius 1 is 1.33 bits per heavy atom. The summed E-state index contributed by atoms with van der Waals surface area (Å²) >= 11 is 0. The van der Waals surface area contributed by atoms with Crippen LogP contribution in [0.4, 0.5) is 0 Å². The highest BCUT2D eigenvalue weighted by molar-refractivity contribution is 5.92. The second-order valence-corrected chi connectivity index (χ2v) is 7.37. The van der Waals surface area contributed by atoms with Crippen LogP contribution in [0.25, 0.3) is 0 Å². The molecule has 6 nitrogen and oxygen atoms in total. The minimum absolute atomic E-state index is 0.00226. The van der Waals surface area contributed by atoms with Crippen LogP contribution in [0.15, 0.2) is 6.20 Å². The fourth-order valence-electron chi connectivity index (χ4n) is 3.96. The Morgan fingerprint density at radius 3 is 2.79 bits per heavy atom. The van der Waals surface area contributed by atoms with E-state index in [4.69, 9.17) is 0 Å². The number of rotatable bonds is 5. The maximum absolute atomic E-state index is 12.8. The summed E-state index contributed by atoms with van der Waals surface area (Å²) in [4.78, 5) is 28.5. The first-order valence-corrected chi connectivity index (χ1v) is 9.14. The molecule has 0 aromatic carbocycles. The second-order valence-electron chi connectivity index (χ2n) is 7.37. The number of amides is 2. The molecule has 1 aromatic heterocycles. The van der Waals surface area contributed by atoms with Crippen molar-refractivity contribution in [1.29, 1.82) is 0 Å². The van der Waals surface area contributed by atoms with Gasteiger partial charge in [0.2, 0.25) is 5.91 Å². The van der Waals surface area contributed by atoms with Gasteiger partial charge in [0, 0.05) is 32.5 Å². The SMILES string of the molecule is CC(=O)NCC(NC(=O)c1cnc2n1CCC(C)C2)C1CCCC1. The minimum atomic E-state index is -0.0643. The summed E-state index contributed by atoms with van der Waals surface area (Å²) in [7, 11) is 0. The van der Waals surface area contributed by atoms with Crippen LogP contribution in [0.3, 0.4) is 0 Å². The number of imidazole rings is 1. The predicted molar refractivity (Wildman–Crippen MR) is 91.6 cm³/mol.